The molecule has 0 N–H and O–H groups in total. The van der Waals surface area contributed by atoms with Crippen LogP contribution in [0.15, 0.2) is 6.20 Å². The molecule has 14 atom stereocenters. The van der Waals surface area contributed by atoms with Gasteiger partial charge in [0.25, 0.3) is 0 Å². The van der Waals surface area contributed by atoms with Crippen LogP contribution in [0.5, 0.6) is 0 Å². The molecule has 1 aromatic rings. The van der Waals surface area contributed by atoms with E-state index in [0.29, 0.717) is 53.3 Å². The molecule has 0 spiro atoms. The number of likely N-dealkylation sites (N-methyl/N-ethyl adjacent to an activating group) is 1. The van der Waals surface area contributed by atoms with Crippen LogP contribution in [0.25, 0.3) is 0 Å². The standard InChI is InChI=1S/C47H74N4O4/c1-29-31(28-52)26-33(29)42(53)55-38-18-21-45(6)34(30(38)2)16-20-46(7)35-17-22-47(19-10-12-36(47)32(35)14-15-39(45)46)43(54)51-23-11-13-37(51)41-48-40(44(3,4)5)27-50(41)25-24-49(8)9/h27-39H,10-26H2,1-9H3. The number of likely N-dealkylation sites (tertiary alicyclic amines) is 1. The van der Waals surface area contributed by atoms with Crippen LogP contribution < -0.4 is 0 Å². The number of nitrogens with zero attached hydrogens (tertiary/aromatic N) is 4. The van der Waals surface area contributed by atoms with E-state index in [1.165, 1.54) is 44.9 Å². The quantitative estimate of drug-likeness (QED) is 0.195. The zero-order valence-corrected chi connectivity index (χ0v) is 35.9. The molecule has 6 saturated carbocycles. The van der Waals surface area contributed by atoms with Crippen molar-refractivity contribution in [1.82, 2.24) is 19.4 Å². The van der Waals surface area contributed by atoms with Gasteiger partial charge in [0.15, 0.2) is 0 Å². The van der Waals surface area contributed by atoms with Crippen LogP contribution in [0.1, 0.15) is 156 Å². The molecule has 2 heterocycles. The lowest BCUT2D eigenvalue weighted by atomic mass is 9.37. The fraction of sp³-hybridized carbons (Fsp3) is 0.872. The minimum Gasteiger partial charge on any atom is -0.462 e. The van der Waals surface area contributed by atoms with Crippen molar-refractivity contribution in [3.8, 4) is 0 Å². The number of amides is 1. The zero-order chi connectivity index (χ0) is 39.2. The third-order valence-corrected chi connectivity index (χ3v) is 18.2. The van der Waals surface area contributed by atoms with Crippen molar-refractivity contribution >= 4 is 18.2 Å². The van der Waals surface area contributed by atoms with Gasteiger partial charge in [-0.3, -0.25) is 9.59 Å². The average Bonchev–Trinajstić information content (AvgIpc) is 3.90. The van der Waals surface area contributed by atoms with Gasteiger partial charge in [0.05, 0.1) is 23.1 Å². The summed E-state index contributed by atoms with van der Waals surface area (Å²) in [5, 5.41) is 0. The maximum Gasteiger partial charge on any atom is 0.309 e. The van der Waals surface area contributed by atoms with Crippen molar-refractivity contribution in [2.45, 2.75) is 162 Å². The summed E-state index contributed by atoms with van der Waals surface area (Å²) in [6.45, 7) is 19.2. The molecule has 8 rings (SSSR count). The van der Waals surface area contributed by atoms with Crippen LogP contribution in [0.3, 0.4) is 0 Å². The van der Waals surface area contributed by atoms with Crippen LogP contribution >= 0.6 is 0 Å². The normalized spacial score (nSPS) is 43.9. The first-order valence-electron chi connectivity index (χ1n) is 22.7. The van der Waals surface area contributed by atoms with Gasteiger partial charge in [-0.15, -0.1) is 0 Å². The lowest BCUT2D eigenvalue weighted by molar-refractivity contribution is -0.206. The molecule has 0 radical (unpaired) electrons. The van der Waals surface area contributed by atoms with Crippen LogP contribution in [0.4, 0.5) is 0 Å². The van der Waals surface area contributed by atoms with E-state index >= 15 is 4.79 Å². The van der Waals surface area contributed by atoms with Crippen molar-refractivity contribution in [3.63, 3.8) is 0 Å². The molecule has 1 aliphatic heterocycles. The predicted molar refractivity (Wildman–Crippen MR) is 216 cm³/mol. The Morgan fingerprint density at radius 2 is 1.64 bits per heavy atom. The summed E-state index contributed by atoms with van der Waals surface area (Å²) in [7, 11) is 4.27. The number of esters is 1. The number of rotatable bonds is 8. The molecule has 55 heavy (non-hydrogen) atoms. The minimum absolute atomic E-state index is 0.00551. The number of hydrogen-bond donors (Lipinski definition) is 0. The first-order chi connectivity index (χ1) is 26.0. The summed E-state index contributed by atoms with van der Waals surface area (Å²) in [5.41, 5.74) is 1.45. The van der Waals surface area contributed by atoms with E-state index in [-0.39, 0.29) is 52.1 Å². The number of fused-ring (bicyclic) bond motifs is 7. The van der Waals surface area contributed by atoms with Gasteiger partial charge >= 0.3 is 5.97 Å². The fourth-order valence-electron chi connectivity index (χ4n) is 15.0. The summed E-state index contributed by atoms with van der Waals surface area (Å²) in [5.74, 6) is 4.97. The number of ether oxygens (including phenoxy) is 1. The highest BCUT2D eigenvalue weighted by molar-refractivity contribution is 5.84. The highest BCUT2D eigenvalue weighted by Crippen LogP contribution is 2.72. The van der Waals surface area contributed by atoms with E-state index in [1.54, 1.807) is 0 Å². The SMILES string of the molecule is CC1C(C=O)CC1C(=O)OC1CCC2(C)C(CCC3(C)C4CCC5(C(=O)N6CCCC6c6nc(C(C)(C)C)cn6CCN(C)C)CCCC5C4CCC23)C1C. The molecule has 7 fully saturated rings. The van der Waals surface area contributed by atoms with E-state index in [2.05, 4.69) is 76.2 Å². The first-order valence-corrected chi connectivity index (χ1v) is 22.7. The van der Waals surface area contributed by atoms with Crippen LogP contribution in [0.2, 0.25) is 0 Å². The molecular formula is C47H74N4O4. The van der Waals surface area contributed by atoms with Crippen molar-refractivity contribution in [2.75, 3.05) is 27.2 Å². The van der Waals surface area contributed by atoms with Gasteiger partial charge in [-0.2, -0.15) is 0 Å². The molecule has 7 aliphatic rings. The smallest absolute Gasteiger partial charge is 0.309 e. The van der Waals surface area contributed by atoms with Crippen LogP contribution in [-0.4, -0.2) is 70.8 Å². The number of carbonyl (C=O) groups is 3. The molecule has 0 aromatic carbocycles. The zero-order valence-electron chi connectivity index (χ0n) is 35.9. The molecule has 1 saturated heterocycles. The van der Waals surface area contributed by atoms with Gasteiger partial charge in [-0.1, -0.05) is 54.9 Å². The van der Waals surface area contributed by atoms with Crippen LogP contribution in [0, 0.1) is 69.5 Å². The molecule has 14 unspecified atom stereocenters. The number of imidazole rings is 1. The maximum atomic E-state index is 15.3. The Labute approximate surface area is 332 Å². The second-order valence-electron chi connectivity index (χ2n) is 22.0. The van der Waals surface area contributed by atoms with Gasteiger partial charge in [0, 0.05) is 37.2 Å². The van der Waals surface area contributed by atoms with E-state index in [0.717, 1.165) is 76.0 Å². The third kappa shape index (κ3) is 6.29. The largest absolute Gasteiger partial charge is 0.462 e. The van der Waals surface area contributed by atoms with Crippen molar-refractivity contribution in [3.05, 3.63) is 17.7 Å². The van der Waals surface area contributed by atoms with E-state index in [1.807, 2.05) is 6.92 Å². The van der Waals surface area contributed by atoms with E-state index < -0.39 is 0 Å². The van der Waals surface area contributed by atoms with Crippen molar-refractivity contribution < 1.29 is 19.1 Å². The van der Waals surface area contributed by atoms with Gasteiger partial charge in [-0.25, -0.2) is 4.98 Å². The monoisotopic (exact) mass is 759 g/mol. The Morgan fingerprint density at radius 1 is 0.909 bits per heavy atom. The van der Waals surface area contributed by atoms with Gasteiger partial charge < -0.3 is 23.9 Å². The van der Waals surface area contributed by atoms with Gasteiger partial charge in [-0.05, 0) is 150 Å². The lowest BCUT2D eigenvalue weighted by Gasteiger charge is -2.67. The molecular weight excluding hydrogens is 685 g/mol. The summed E-state index contributed by atoms with van der Waals surface area (Å²) in [4.78, 5) is 49.8. The summed E-state index contributed by atoms with van der Waals surface area (Å²) in [6.07, 6.45) is 18.9. The third-order valence-electron chi connectivity index (χ3n) is 18.2. The summed E-state index contributed by atoms with van der Waals surface area (Å²) in [6, 6.07) is 0.0735. The minimum atomic E-state index is -0.206. The number of hydrogen-bond acceptors (Lipinski definition) is 6. The topological polar surface area (TPSA) is 84.7 Å². The first kappa shape index (κ1) is 39.6. The summed E-state index contributed by atoms with van der Waals surface area (Å²) >= 11 is 0. The molecule has 6 aliphatic carbocycles. The molecule has 8 nitrogen and oxygen atoms in total. The highest BCUT2D eigenvalue weighted by atomic mass is 16.5. The summed E-state index contributed by atoms with van der Waals surface area (Å²) < 4.78 is 8.70. The van der Waals surface area contributed by atoms with Crippen LogP contribution in [-0.2, 0) is 31.1 Å². The molecule has 0 bridgehead atoms. The van der Waals surface area contributed by atoms with Crippen molar-refractivity contribution in [1.29, 1.82) is 0 Å². The molecule has 1 amide bonds. The second-order valence-corrected chi connectivity index (χ2v) is 22.0. The second kappa shape index (κ2) is 14.3. The Balaban J connectivity index is 0.987. The van der Waals surface area contributed by atoms with Crippen molar-refractivity contribution in [2.24, 2.45) is 69.5 Å². The molecule has 8 heteroatoms. The van der Waals surface area contributed by atoms with E-state index in [4.69, 9.17) is 9.72 Å². The lowest BCUT2D eigenvalue weighted by Crippen LogP contribution is -2.62. The Bertz CT molecular complexity index is 1630. The maximum absolute atomic E-state index is 15.3. The highest BCUT2D eigenvalue weighted by Gasteiger charge is 2.66. The predicted octanol–water partition coefficient (Wildman–Crippen LogP) is 8.86. The van der Waals surface area contributed by atoms with Gasteiger partial charge in [0.2, 0.25) is 5.91 Å². The fourth-order valence-corrected chi connectivity index (χ4v) is 15.0. The number of carbonyl (C=O) groups excluding carboxylic acids is 3. The molecule has 306 valence electrons. The number of aldehydes is 1. The van der Waals surface area contributed by atoms with E-state index in [9.17, 15) is 9.59 Å². The Kier molecular flexibility index (Phi) is 10.3. The number of aromatic nitrogens is 2. The Morgan fingerprint density at radius 3 is 2.35 bits per heavy atom. The average molecular weight is 759 g/mol. The van der Waals surface area contributed by atoms with Gasteiger partial charge in [0.1, 0.15) is 18.2 Å². The molecule has 1 aromatic heterocycles. The Hall–Kier alpha value is -2.22.